The molecule has 6 nitrogen and oxygen atoms in total. The summed E-state index contributed by atoms with van der Waals surface area (Å²) < 4.78 is 9.58. The first-order valence-corrected chi connectivity index (χ1v) is 5.94. The Morgan fingerprint density at radius 2 is 2.28 bits per heavy atom. The molecule has 98 valence electrons. The summed E-state index contributed by atoms with van der Waals surface area (Å²) in [6.45, 7) is 5.21. The number of ether oxygens (including phenoxy) is 2. The second kappa shape index (κ2) is 6.87. The van der Waals surface area contributed by atoms with E-state index < -0.39 is 5.97 Å². The predicted octanol–water partition coefficient (Wildman–Crippen LogP) is 1.38. The summed E-state index contributed by atoms with van der Waals surface area (Å²) in [5.74, 6) is -0.797. The van der Waals surface area contributed by atoms with Crippen LogP contribution >= 0.6 is 11.3 Å². The highest BCUT2D eigenvalue weighted by Gasteiger charge is 2.17. The Balaban J connectivity index is 2.72. The van der Waals surface area contributed by atoms with Crippen molar-refractivity contribution >= 4 is 28.3 Å². The fraction of sp³-hybridized carbons (Fsp3) is 0.364. The van der Waals surface area contributed by atoms with Gasteiger partial charge < -0.3 is 9.47 Å². The van der Waals surface area contributed by atoms with Gasteiger partial charge in [0.15, 0.2) is 5.13 Å². The van der Waals surface area contributed by atoms with Crippen LogP contribution < -0.4 is 5.32 Å². The number of nitrogens with zero attached hydrogens (tertiary/aromatic N) is 1. The van der Waals surface area contributed by atoms with E-state index in [-0.39, 0.29) is 19.1 Å². The summed E-state index contributed by atoms with van der Waals surface area (Å²) in [6.07, 6.45) is 1.48. The predicted molar refractivity (Wildman–Crippen MR) is 67.8 cm³/mol. The van der Waals surface area contributed by atoms with Gasteiger partial charge >= 0.3 is 5.97 Å². The molecule has 0 aliphatic heterocycles. The molecule has 1 aromatic rings. The molecule has 1 amide bonds. The average molecular weight is 270 g/mol. The molecule has 0 fully saturated rings. The molecule has 0 aromatic carbocycles. The van der Waals surface area contributed by atoms with Crippen LogP contribution in [0, 0.1) is 6.92 Å². The van der Waals surface area contributed by atoms with Gasteiger partial charge in [0.1, 0.15) is 18.1 Å². The smallest absolute Gasteiger partial charge is 0.350 e. The van der Waals surface area contributed by atoms with E-state index in [1.165, 1.54) is 13.2 Å². The topological polar surface area (TPSA) is 77.5 Å². The van der Waals surface area contributed by atoms with E-state index in [9.17, 15) is 9.59 Å². The lowest BCUT2D eigenvalue weighted by atomic mass is 10.4. The lowest BCUT2D eigenvalue weighted by Crippen LogP contribution is -2.16. The summed E-state index contributed by atoms with van der Waals surface area (Å²) in [5.41, 5.74) is 0.516. The molecule has 0 bridgehead atoms. The van der Waals surface area contributed by atoms with Gasteiger partial charge in [-0.15, -0.1) is 0 Å². The van der Waals surface area contributed by atoms with Crippen LogP contribution in [0.1, 0.15) is 15.4 Å². The van der Waals surface area contributed by atoms with Crippen molar-refractivity contribution in [2.24, 2.45) is 0 Å². The van der Waals surface area contributed by atoms with Crippen molar-refractivity contribution in [2.75, 3.05) is 25.6 Å². The van der Waals surface area contributed by atoms with Crippen molar-refractivity contribution in [3.05, 3.63) is 23.2 Å². The van der Waals surface area contributed by atoms with Crippen LogP contribution in [0.3, 0.4) is 0 Å². The number of rotatable bonds is 6. The third-order valence-corrected chi connectivity index (χ3v) is 2.89. The van der Waals surface area contributed by atoms with Gasteiger partial charge in [-0.2, -0.15) is 0 Å². The van der Waals surface area contributed by atoms with Crippen LogP contribution in [0.5, 0.6) is 0 Å². The second-order valence-electron chi connectivity index (χ2n) is 3.30. The Hall–Kier alpha value is -1.73. The van der Waals surface area contributed by atoms with Crippen molar-refractivity contribution in [1.82, 2.24) is 4.98 Å². The Morgan fingerprint density at radius 1 is 1.56 bits per heavy atom. The zero-order chi connectivity index (χ0) is 13.5. The van der Waals surface area contributed by atoms with E-state index in [0.29, 0.717) is 15.7 Å². The number of amides is 1. The Labute approximate surface area is 109 Å². The number of anilines is 1. The molecule has 0 unspecified atom stereocenters. The first-order valence-electron chi connectivity index (χ1n) is 5.12. The van der Waals surface area contributed by atoms with Crippen LogP contribution in [0.15, 0.2) is 12.7 Å². The van der Waals surface area contributed by atoms with Crippen LogP contribution in [-0.2, 0) is 14.3 Å². The van der Waals surface area contributed by atoms with Crippen LogP contribution in [-0.4, -0.2) is 37.2 Å². The number of thiazole rings is 1. The van der Waals surface area contributed by atoms with Crippen LogP contribution in [0.25, 0.3) is 0 Å². The SMILES string of the molecule is C=CCOC(=O)c1sc(NC(=O)COC)nc1C. The highest BCUT2D eigenvalue weighted by molar-refractivity contribution is 7.17. The molecule has 1 rings (SSSR count). The van der Waals surface area contributed by atoms with Crippen molar-refractivity contribution in [1.29, 1.82) is 0 Å². The van der Waals surface area contributed by atoms with Crippen molar-refractivity contribution < 1.29 is 19.1 Å². The first-order chi connectivity index (χ1) is 8.58. The molecular weight excluding hydrogens is 256 g/mol. The molecule has 0 spiro atoms. The maximum Gasteiger partial charge on any atom is 0.350 e. The van der Waals surface area contributed by atoms with Crippen LogP contribution in [0.4, 0.5) is 5.13 Å². The highest BCUT2D eigenvalue weighted by atomic mass is 32.1. The summed E-state index contributed by atoms with van der Waals surface area (Å²) in [5, 5.41) is 2.88. The fourth-order valence-electron chi connectivity index (χ4n) is 1.13. The monoisotopic (exact) mass is 270 g/mol. The lowest BCUT2D eigenvalue weighted by molar-refractivity contribution is -0.119. The van der Waals surface area contributed by atoms with Gasteiger partial charge in [0.25, 0.3) is 5.91 Å². The number of carbonyl (C=O) groups is 2. The molecule has 1 aromatic heterocycles. The highest BCUT2D eigenvalue weighted by Crippen LogP contribution is 2.23. The molecule has 7 heteroatoms. The lowest BCUT2D eigenvalue weighted by Gasteiger charge is -1.99. The summed E-state index contributed by atoms with van der Waals surface area (Å²) in [6, 6.07) is 0. The molecule has 0 aliphatic rings. The van der Waals surface area contributed by atoms with E-state index in [1.54, 1.807) is 6.92 Å². The van der Waals surface area contributed by atoms with Gasteiger partial charge in [-0.1, -0.05) is 24.0 Å². The minimum atomic E-state index is -0.475. The largest absolute Gasteiger partial charge is 0.457 e. The van der Waals surface area contributed by atoms with Gasteiger partial charge in [0, 0.05) is 7.11 Å². The Morgan fingerprint density at radius 3 is 2.89 bits per heavy atom. The fourth-order valence-corrected chi connectivity index (χ4v) is 2.00. The van der Waals surface area contributed by atoms with E-state index in [2.05, 4.69) is 21.6 Å². The number of aromatic nitrogens is 1. The summed E-state index contributed by atoms with van der Waals surface area (Å²) >= 11 is 1.06. The molecule has 1 heterocycles. The van der Waals surface area contributed by atoms with E-state index in [1.807, 2.05) is 0 Å². The van der Waals surface area contributed by atoms with Gasteiger partial charge in [0.05, 0.1) is 5.69 Å². The molecular formula is C11H14N2O4S. The maximum absolute atomic E-state index is 11.6. The maximum atomic E-state index is 11.6. The molecule has 0 saturated heterocycles. The van der Waals surface area contributed by atoms with Crippen molar-refractivity contribution in [2.45, 2.75) is 6.92 Å². The number of hydrogen-bond acceptors (Lipinski definition) is 6. The van der Waals surface area contributed by atoms with Gasteiger partial charge in [-0.3, -0.25) is 10.1 Å². The van der Waals surface area contributed by atoms with Gasteiger partial charge in [-0.05, 0) is 6.92 Å². The zero-order valence-corrected chi connectivity index (χ0v) is 11.0. The number of nitrogens with one attached hydrogen (secondary N) is 1. The standard InChI is InChI=1S/C11H14N2O4S/c1-4-5-17-10(15)9-7(2)12-11(18-9)13-8(14)6-16-3/h4H,1,5-6H2,2-3H3,(H,12,13,14). The second-order valence-corrected chi connectivity index (χ2v) is 4.30. The minimum Gasteiger partial charge on any atom is -0.457 e. The molecule has 0 saturated carbocycles. The van der Waals surface area contributed by atoms with E-state index >= 15 is 0 Å². The first kappa shape index (κ1) is 14.3. The number of aryl methyl sites for hydroxylation is 1. The number of hydrogen-bond donors (Lipinski definition) is 1. The zero-order valence-electron chi connectivity index (χ0n) is 10.2. The summed E-state index contributed by atoms with van der Waals surface area (Å²) in [4.78, 5) is 27.3. The normalized spacial score (nSPS) is 9.89. The molecule has 1 N–H and O–H groups in total. The molecule has 18 heavy (non-hydrogen) atoms. The third-order valence-electron chi connectivity index (χ3n) is 1.84. The Bertz CT molecular complexity index is 456. The van der Waals surface area contributed by atoms with Gasteiger partial charge in [-0.25, -0.2) is 9.78 Å². The third kappa shape index (κ3) is 3.94. The molecule has 0 aliphatic carbocycles. The van der Waals surface area contributed by atoms with Crippen LogP contribution in [0.2, 0.25) is 0 Å². The Kier molecular flexibility index (Phi) is 5.47. The van der Waals surface area contributed by atoms with Gasteiger partial charge in [0.2, 0.25) is 0 Å². The van der Waals surface area contributed by atoms with E-state index in [4.69, 9.17) is 4.74 Å². The number of methoxy groups -OCH3 is 1. The quantitative estimate of drug-likeness (QED) is 0.624. The minimum absolute atomic E-state index is 0.0606. The van der Waals surface area contributed by atoms with Crippen molar-refractivity contribution in [3.8, 4) is 0 Å². The molecule has 0 atom stereocenters. The average Bonchev–Trinajstić information content (AvgIpc) is 2.67. The molecule has 0 radical (unpaired) electrons. The number of carbonyl (C=O) groups excluding carboxylic acids is 2. The van der Waals surface area contributed by atoms with Crippen molar-refractivity contribution in [3.63, 3.8) is 0 Å². The summed E-state index contributed by atoms with van der Waals surface area (Å²) in [7, 11) is 1.42. The van der Waals surface area contributed by atoms with E-state index in [0.717, 1.165) is 11.3 Å². The number of esters is 1.